The maximum atomic E-state index is 11.2. The minimum Gasteiger partial charge on any atom is -0.480 e. The lowest BCUT2D eigenvalue weighted by atomic mass is 10.1. The van der Waals surface area contributed by atoms with Crippen molar-refractivity contribution in [3.63, 3.8) is 0 Å². The number of aromatic carboxylic acids is 1. The summed E-state index contributed by atoms with van der Waals surface area (Å²) in [5.74, 6) is -2.10. The molecule has 0 saturated heterocycles. The van der Waals surface area contributed by atoms with Gasteiger partial charge in [0, 0.05) is 12.0 Å². The molecule has 0 amide bonds. The number of hydroxylamine groups is 1. The van der Waals surface area contributed by atoms with Crippen LogP contribution in [0, 0.1) is 0 Å². The van der Waals surface area contributed by atoms with Gasteiger partial charge >= 0.3 is 11.9 Å². The zero-order valence-corrected chi connectivity index (χ0v) is 13.9. The smallest absolute Gasteiger partial charge is 0.335 e. The van der Waals surface area contributed by atoms with Gasteiger partial charge in [-0.15, -0.1) is 5.10 Å². The Balaban J connectivity index is 1.63. The van der Waals surface area contributed by atoms with E-state index in [4.69, 9.17) is 10.2 Å². The summed E-state index contributed by atoms with van der Waals surface area (Å²) in [6.45, 7) is 0. The lowest BCUT2D eigenvalue weighted by Crippen LogP contribution is -2.35. The Hall–Kier alpha value is -3.72. The highest BCUT2D eigenvalue weighted by Gasteiger charge is 2.34. The molecule has 9 heteroatoms. The van der Waals surface area contributed by atoms with E-state index in [0.29, 0.717) is 22.6 Å². The normalized spacial score (nSPS) is 15.6. The Morgan fingerprint density at radius 3 is 2.48 bits per heavy atom. The SMILES string of the molecule is O=C(O)c1ccc(-c2cn(-c3ccc4c(c3)N(O)C(C(=O)O)C4)nn2)cc1. The number of carbonyl (C=O) groups is 2. The van der Waals surface area contributed by atoms with Crippen molar-refractivity contribution in [2.24, 2.45) is 0 Å². The molecule has 0 aliphatic carbocycles. The van der Waals surface area contributed by atoms with Gasteiger partial charge in [-0.05, 0) is 29.8 Å². The number of benzene rings is 2. The van der Waals surface area contributed by atoms with Crippen molar-refractivity contribution in [1.29, 1.82) is 0 Å². The Morgan fingerprint density at radius 2 is 1.81 bits per heavy atom. The molecule has 1 aliphatic heterocycles. The second-order valence-electron chi connectivity index (χ2n) is 6.15. The van der Waals surface area contributed by atoms with Gasteiger partial charge in [-0.3, -0.25) is 5.21 Å². The third kappa shape index (κ3) is 2.89. The van der Waals surface area contributed by atoms with E-state index in [-0.39, 0.29) is 12.0 Å². The summed E-state index contributed by atoms with van der Waals surface area (Å²) in [6.07, 6.45) is 1.89. The molecule has 4 rings (SSSR count). The average Bonchev–Trinajstić information content (AvgIpc) is 3.27. The Kier molecular flexibility index (Phi) is 3.85. The number of anilines is 1. The summed E-state index contributed by atoms with van der Waals surface area (Å²) >= 11 is 0. The van der Waals surface area contributed by atoms with Gasteiger partial charge in [0.05, 0.1) is 23.1 Å². The molecule has 27 heavy (non-hydrogen) atoms. The average molecular weight is 366 g/mol. The first-order chi connectivity index (χ1) is 12.9. The highest BCUT2D eigenvalue weighted by atomic mass is 16.5. The van der Waals surface area contributed by atoms with Gasteiger partial charge in [-0.1, -0.05) is 23.4 Å². The minimum atomic E-state index is -1.09. The molecule has 0 fully saturated rings. The number of aromatic nitrogens is 3. The van der Waals surface area contributed by atoms with Crippen molar-refractivity contribution in [3.8, 4) is 16.9 Å². The second-order valence-corrected chi connectivity index (χ2v) is 6.15. The van der Waals surface area contributed by atoms with Crippen molar-refractivity contribution < 1.29 is 25.0 Å². The first kappa shape index (κ1) is 16.7. The molecule has 1 aliphatic rings. The highest BCUT2D eigenvalue weighted by Crippen LogP contribution is 2.32. The maximum Gasteiger partial charge on any atom is 0.335 e. The van der Waals surface area contributed by atoms with E-state index in [1.165, 1.54) is 16.8 Å². The second kappa shape index (κ2) is 6.22. The first-order valence-electron chi connectivity index (χ1n) is 8.04. The Labute approximate surface area is 152 Å². The highest BCUT2D eigenvalue weighted by molar-refractivity contribution is 5.88. The molecule has 1 unspecified atom stereocenters. The predicted molar refractivity (Wildman–Crippen MR) is 93.1 cm³/mol. The van der Waals surface area contributed by atoms with Crippen LogP contribution >= 0.6 is 0 Å². The van der Waals surface area contributed by atoms with Crippen LogP contribution < -0.4 is 5.06 Å². The predicted octanol–water partition coefficient (Wildman–Crippen LogP) is 1.84. The van der Waals surface area contributed by atoms with Gasteiger partial charge in [-0.25, -0.2) is 19.3 Å². The molecule has 0 spiro atoms. The van der Waals surface area contributed by atoms with E-state index in [0.717, 1.165) is 10.6 Å². The fourth-order valence-corrected chi connectivity index (χ4v) is 3.04. The van der Waals surface area contributed by atoms with Crippen molar-refractivity contribution in [3.05, 3.63) is 59.8 Å². The first-order valence-corrected chi connectivity index (χ1v) is 8.04. The topological polar surface area (TPSA) is 129 Å². The van der Waals surface area contributed by atoms with Crippen LogP contribution in [0.15, 0.2) is 48.7 Å². The fraction of sp³-hybridized carbons (Fsp3) is 0.111. The molecule has 2 heterocycles. The van der Waals surface area contributed by atoms with Crippen molar-refractivity contribution in [2.45, 2.75) is 12.5 Å². The van der Waals surface area contributed by atoms with E-state index in [9.17, 15) is 14.8 Å². The van der Waals surface area contributed by atoms with Crippen LogP contribution in [0.5, 0.6) is 0 Å². The summed E-state index contributed by atoms with van der Waals surface area (Å²) in [5.41, 5.74) is 3.21. The molecular formula is C18H14N4O5. The van der Waals surface area contributed by atoms with Crippen molar-refractivity contribution >= 4 is 17.6 Å². The van der Waals surface area contributed by atoms with Gasteiger partial charge < -0.3 is 10.2 Å². The molecule has 0 saturated carbocycles. The minimum absolute atomic E-state index is 0.181. The molecule has 136 valence electrons. The Morgan fingerprint density at radius 1 is 1.07 bits per heavy atom. The number of carboxylic acid groups (broad SMARTS) is 2. The van der Waals surface area contributed by atoms with E-state index in [2.05, 4.69) is 10.3 Å². The molecule has 2 aromatic carbocycles. The molecule has 9 nitrogen and oxygen atoms in total. The largest absolute Gasteiger partial charge is 0.480 e. The van der Waals surface area contributed by atoms with Crippen LogP contribution in [0.1, 0.15) is 15.9 Å². The van der Waals surface area contributed by atoms with Gasteiger partial charge in [0.1, 0.15) is 5.69 Å². The van der Waals surface area contributed by atoms with Crippen LogP contribution in [-0.4, -0.2) is 48.4 Å². The number of fused-ring (bicyclic) bond motifs is 1. The molecular weight excluding hydrogens is 352 g/mol. The zero-order chi connectivity index (χ0) is 19.1. The summed E-state index contributed by atoms with van der Waals surface area (Å²) in [7, 11) is 0. The van der Waals surface area contributed by atoms with E-state index in [1.54, 1.807) is 36.5 Å². The lowest BCUT2D eigenvalue weighted by Gasteiger charge is -2.16. The van der Waals surface area contributed by atoms with Gasteiger partial charge in [0.15, 0.2) is 6.04 Å². The number of nitrogens with zero attached hydrogens (tertiary/aromatic N) is 4. The van der Waals surface area contributed by atoms with Crippen molar-refractivity contribution in [2.75, 3.05) is 5.06 Å². The third-order valence-electron chi connectivity index (χ3n) is 4.49. The molecule has 0 bridgehead atoms. The molecule has 1 aromatic heterocycles. The number of aliphatic carboxylic acids is 1. The quantitative estimate of drug-likeness (QED) is 0.638. The number of hydrogen-bond acceptors (Lipinski definition) is 6. The third-order valence-corrected chi connectivity index (χ3v) is 4.49. The summed E-state index contributed by atoms with van der Waals surface area (Å²) < 4.78 is 1.50. The summed E-state index contributed by atoms with van der Waals surface area (Å²) in [5, 5.41) is 37.1. The molecule has 1 atom stereocenters. The van der Waals surface area contributed by atoms with Crippen LogP contribution in [-0.2, 0) is 11.2 Å². The Bertz CT molecular complexity index is 1040. The number of rotatable bonds is 4. The zero-order valence-electron chi connectivity index (χ0n) is 13.9. The maximum absolute atomic E-state index is 11.2. The standard InChI is InChI=1S/C18H14N4O5/c23-17(24)11-3-1-10(2-4-11)14-9-21(20-19-14)13-6-5-12-7-16(18(25)26)22(27)15(12)8-13/h1-6,8-9,16,27H,7H2,(H,23,24)(H,25,26). The lowest BCUT2D eigenvalue weighted by molar-refractivity contribution is -0.139. The van der Waals surface area contributed by atoms with E-state index >= 15 is 0 Å². The number of hydrogen-bond donors (Lipinski definition) is 3. The monoisotopic (exact) mass is 366 g/mol. The van der Waals surface area contributed by atoms with Gasteiger partial charge in [-0.2, -0.15) is 0 Å². The van der Waals surface area contributed by atoms with Crippen LogP contribution in [0.2, 0.25) is 0 Å². The number of carboxylic acids is 2. The van der Waals surface area contributed by atoms with E-state index in [1.807, 2.05) is 0 Å². The summed E-state index contributed by atoms with van der Waals surface area (Å²) in [4.78, 5) is 22.1. The van der Waals surface area contributed by atoms with Crippen LogP contribution in [0.3, 0.4) is 0 Å². The van der Waals surface area contributed by atoms with E-state index < -0.39 is 18.0 Å². The van der Waals surface area contributed by atoms with Crippen LogP contribution in [0.4, 0.5) is 5.69 Å². The summed E-state index contributed by atoms with van der Waals surface area (Å²) in [6, 6.07) is 10.4. The fourth-order valence-electron chi connectivity index (χ4n) is 3.04. The van der Waals surface area contributed by atoms with Gasteiger partial charge in [0.2, 0.25) is 0 Å². The van der Waals surface area contributed by atoms with Gasteiger partial charge in [0.25, 0.3) is 0 Å². The molecule has 3 N–H and O–H groups in total. The van der Waals surface area contributed by atoms with Crippen molar-refractivity contribution in [1.82, 2.24) is 15.0 Å². The van der Waals surface area contributed by atoms with Crippen LogP contribution in [0.25, 0.3) is 16.9 Å². The molecule has 0 radical (unpaired) electrons. The molecule has 3 aromatic rings.